The number of hydrogen-bond donors (Lipinski definition) is 0. The lowest BCUT2D eigenvalue weighted by Crippen LogP contribution is -2.34. The molecule has 1 aliphatic heterocycles. The van der Waals surface area contributed by atoms with Gasteiger partial charge in [-0.1, -0.05) is 13.3 Å². The highest BCUT2D eigenvalue weighted by Gasteiger charge is 2.22. The third-order valence-corrected chi connectivity index (χ3v) is 4.50. The maximum absolute atomic E-state index is 11.9. The van der Waals surface area contributed by atoms with Gasteiger partial charge in [0.25, 0.3) is 0 Å². The second kappa shape index (κ2) is 9.30. The lowest BCUT2D eigenvalue weighted by atomic mass is 9.93. The molecule has 132 valence electrons. The van der Waals surface area contributed by atoms with E-state index in [1.807, 2.05) is 24.3 Å². The molecular weight excluding hydrogens is 306 g/mol. The van der Waals surface area contributed by atoms with Crippen molar-refractivity contribution in [1.29, 1.82) is 0 Å². The van der Waals surface area contributed by atoms with Crippen molar-refractivity contribution < 1.29 is 19.1 Å². The summed E-state index contributed by atoms with van der Waals surface area (Å²) in [7, 11) is 1.44. The quantitative estimate of drug-likeness (QED) is 0.565. The average molecular weight is 333 g/mol. The van der Waals surface area contributed by atoms with E-state index < -0.39 is 0 Å². The molecule has 0 unspecified atom stereocenters. The van der Waals surface area contributed by atoms with Crippen LogP contribution in [0.2, 0.25) is 0 Å². The molecule has 0 amide bonds. The molecule has 0 atom stereocenters. The van der Waals surface area contributed by atoms with E-state index in [1.54, 1.807) is 0 Å². The third-order valence-electron chi connectivity index (χ3n) is 4.50. The molecule has 1 heterocycles. The summed E-state index contributed by atoms with van der Waals surface area (Å²) < 4.78 is 9.96. The highest BCUT2D eigenvalue weighted by molar-refractivity contribution is 5.89. The van der Waals surface area contributed by atoms with Crippen LogP contribution in [0.1, 0.15) is 49.4 Å². The number of ether oxygens (including phenoxy) is 2. The number of hydrogen-bond acceptors (Lipinski definition) is 5. The SMILES string of the molecule is CCCCOC(=O)c1ccc(N2CCC(CC(=O)OC)CC2)cc1. The molecule has 1 saturated heterocycles. The Balaban J connectivity index is 1.83. The van der Waals surface area contributed by atoms with Crippen LogP contribution < -0.4 is 4.90 Å². The molecule has 0 aromatic heterocycles. The third kappa shape index (κ3) is 5.25. The molecule has 0 radical (unpaired) electrons. The summed E-state index contributed by atoms with van der Waals surface area (Å²) in [5, 5.41) is 0. The van der Waals surface area contributed by atoms with Gasteiger partial charge in [0, 0.05) is 25.2 Å². The molecule has 5 heteroatoms. The van der Waals surface area contributed by atoms with Crippen molar-refractivity contribution in [2.24, 2.45) is 5.92 Å². The zero-order chi connectivity index (χ0) is 17.4. The smallest absolute Gasteiger partial charge is 0.338 e. The number of benzene rings is 1. The number of methoxy groups -OCH3 is 1. The Morgan fingerprint density at radius 1 is 1.17 bits per heavy atom. The molecule has 1 aliphatic rings. The molecule has 1 fully saturated rings. The molecular formula is C19H27NO4. The van der Waals surface area contributed by atoms with Crippen LogP contribution in [-0.2, 0) is 14.3 Å². The molecule has 1 aromatic rings. The first-order valence-corrected chi connectivity index (χ1v) is 8.73. The van der Waals surface area contributed by atoms with Crippen molar-refractivity contribution in [3.63, 3.8) is 0 Å². The van der Waals surface area contributed by atoms with Crippen LogP contribution >= 0.6 is 0 Å². The fourth-order valence-corrected chi connectivity index (χ4v) is 2.92. The van der Waals surface area contributed by atoms with Crippen molar-refractivity contribution in [3.8, 4) is 0 Å². The Morgan fingerprint density at radius 2 is 1.83 bits per heavy atom. The second-order valence-corrected chi connectivity index (χ2v) is 6.25. The zero-order valence-corrected chi connectivity index (χ0v) is 14.6. The summed E-state index contributed by atoms with van der Waals surface area (Å²) >= 11 is 0. The van der Waals surface area contributed by atoms with Crippen LogP contribution in [-0.4, -0.2) is 38.7 Å². The summed E-state index contributed by atoms with van der Waals surface area (Å²) in [6, 6.07) is 7.59. The number of rotatable bonds is 7. The highest BCUT2D eigenvalue weighted by atomic mass is 16.5. The molecule has 0 spiro atoms. The van der Waals surface area contributed by atoms with Gasteiger partial charge in [0.1, 0.15) is 0 Å². The fraction of sp³-hybridized carbons (Fsp3) is 0.579. The Morgan fingerprint density at radius 3 is 2.42 bits per heavy atom. The van der Waals surface area contributed by atoms with Crippen molar-refractivity contribution in [3.05, 3.63) is 29.8 Å². The van der Waals surface area contributed by atoms with E-state index in [4.69, 9.17) is 9.47 Å². The predicted molar refractivity (Wildman–Crippen MR) is 93.2 cm³/mol. The zero-order valence-electron chi connectivity index (χ0n) is 14.6. The van der Waals surface area contributed by atoms with Gasteiger partial charge in [-0.15, -0.1) is 0 Å². The summed E-state index contributed by atoms with van der Waals surface area (Å²) in [5.74, 6) is 0.0210. The largest absolute Gasteiger partial charge is 0.469 e. The predicted octanol–water partition coefficient (Wildman–Crippen LogP) is 3.42. The average Bonchev–Trinajstić information content (AvgIpc) is 2.62. The molecule has 5 nitrogen and oxygen atoms in total. The Labute approximate surface area is 143 Å². The Hall–Kier alpha value is -2.04. The van der Waals surface area contributed by atoms with Crippen LogP contribution in [0, 0.1) is 5.92 Å². The van der Waals surface area contributed by atoms with Gasteiger partial charge in [0.05, 0.1) is 19.3 Å². The van der Waals surface area contributed by atoms with Gasteiger partial charge in [-0.3, -0.25) is 4.79 Å². The standard InChI is InChI=1S/C19H27NO4/c1-3-4-13-24-19(22)16-5-7-17(8-6-16)20-11-9-15(10-12-20)14-18(21)23-2/h5-8,15H,3-4,9-14H2,1-2H3. The second-order valence-electron chi connectivity index (χ2n) is 6.25. The summed E-state index contributed by atoms with van der Waals surface area (Å²) in [6.45, 7) is 4.38. The van der Waals surface area contributed by atoms with Crippen molar-refractivity contribution >= 4 is 17.6 Å². The Bertz CT molecular complexity index is 533. The lowest BCUT2D eigenvalue weighted by Gasteiger charge is -2.33. The van der Waals surface area contributed by atoms with Gasteiger partial charge in [-0.2, -0.15) is 0 Å². The van der Waals surface area contributed by atoms with Gasteiger partial charge < -0.3 is 14.4 Å². The summed E-state index contributed by atoms with van der Waals surface area (Å²) in [6.07, 6.45) is 4.38. The van der Waals surface area contributed by atoms with E-state index >= 15 is 0 Å². The molecule has 2 rings (SSSR count). The van der Waals surface area contributed by atoms with Gasteiger partial charge in [0.2, 0.25) is 0 Å². The van der Waals surface area contributed by atoms with Gasteiger partial charge >= 0.3 is 11.9 Å². The minimum Gasteiger partial charge on any atom is -0.469 e. The summed E-state index contributed by atoms with van der Waals surface area (Å²) in [5.41, 5.74) is 1.70. The van der Waals surface area contributed by atoms with Crippen LogP contribution in [0.3, 0.4) is 0 Å². The van der Waals surface area contributed by atoms with E-state index in [2.05, 4.69) is 11.8 Å². The molecule has 0 N–H and O–H groups in total. The monoisotopic (exact) mass is 333 g/mol. The van der Waals surface area contributed by atoms with Crippen molar-refractivity contribution in [1.82, 2.24) is 0 Å². The highest BCUT2D eigenvalue weighted by Crippen LogP contribution is 2.25. The number of nitrogens with zero attached hydrogens (tertiary/aromatic N) is 1. The van der Waals surface area contributed by atoms with Crippen molar-refractivity contribution in [2.75, 3.05) is 31.7 Å². The number of esters is 2. The number of unbranched alkanes of at least 4 members (excludes halogenated alkanes) is 1. The molecule has 24 heavy (non-hydrogen) atoms. The van der Waals surface area contributed by atoms with Gasteiger partial charge in [0.15, 0.2) is 0 Å². The first kappa shape index (κ1) is 18.3. The fourth-order valence-electron chi connectivity index (χ4n) is 2.92. The van der Waals surface area contributed by atoms with E-state index in [-0.39, 0.29) is 11.9 Å². The minimum atomic E-state index is -0.258. The lowest BCUT2D eigenvalue weighted by molar-refractivity contribution is -0.141. The number of carbonyl (C=O) groups is 2. The van der Waals surface area contributed by atoms with Crippen LogP contribution in [0.4, 0.5) is 5.69 Å². The number of carbonyl (C=O) groups excluding carboxylic acids is 2. The topological polar surface area (TPSA) is 55.8 Å². The van der Waals surface area contributed by atoms with E-state index in [0.717, 1.165) is 44.5 Å². The van der Waals surface area contributed by atoms with E-state index in [9.17, 15) is 9.59 Å². The van der Waals surface area contributed by atoms with E-state index in [1.165, 1.54) is 7.11 Å². The first-order chi connectivity index (χ1) is 11.6. The van der Waals surface area contributed by atoms with Crippen LogP contribution in [0.25, 0.3) is 0 Å². The molecule has 1 aromatic carbocycles. The molecule has 0 bridgehead atoms. The van der Waals surface area contributed by atoms with Crippen molar-refractivity contribution in [2.45, 2.75) is 39.0 Å². The van der Waals surface area contributed by atoms with E-state index in [0.29, 0.717) is 24.5 Å². The maximum Gasteiger partial charge on any atom is 0.338 e. The van der Waals surface area contributed by atoms with Gasteiger partial charge in [-0.05, 0) is 49.4 Å². The van der Waals surface area contributed by atoms with Gasteiger partial charge in [-0.25, -0.2) is 4.79 Å². The maximum atomic E-state index is 11.9. The normalized spacial score (nSPS) is 15.2. The Kier molecular flexibility index (Phi) is 7.09. The van der Waals surface area contributed by atoms with Crippen LogP contribution in [0.15, 0.2) is 24.3 Å². The minimum absolute atomic E-state index is 0.126. The summed E-state index contributed by atoms with van der Waals surface area (Å²) in [4.78, 5) is 25.5. The molecule has 0 saturated carbocycles. The number of anilines is 1. The first-order valence-electron chi connectivity index (χ1n) is 8.73. The number of piperidine rings is 1. The van der Waals surface area contributed by atoms with Crippen LogP contribution in [0.5, 0.6) is 0 Å². The molecule has 0 aliphatic carbocycles.